The van der Waals surface area contributed by atoms with Crippen LogP contribution in [0, 0.1) is 13.8 Å². The number of nitrogen functional groups attached to an aromatic ring is 1. The summed E-state index contributed by atoms with van der Waals surface area (Å²) in [5.74, 6) is 0.799. The summed E-state index contributed by atoms with van der Waals surface area (Å²) in [6, 6.07) is 5.90. The minimum Gasteiger partial charge on any atom is -0.398 e. The zero-order valence-corrected chi connectivity index (χ0v) is 10.8. The third kappa shape index (κ3) is 2.77. The van der Waals surface area contributed by atoms with E-state index in [1.54, 1.807) is 18.0 Å². The van der Waals surface area contributed by atoms with E-state index in [0.717, 1.165) is 33.3 Å². The van der Waals surface area contributed by atoms with Crippen LogP contribution in [0.5, 0.6) is 0 Å². The first-order valence-corrected chi connectivity index (χ1v) is 6.41. The highest BCUT2D eigenvalue weighted by molar-refractivity contribution is 7.98. The number of nitrogens with two attached hydrogens (primary N) is 1. The Morgan fingerprint density at radius 3 is 2.76 bits per heavy atom. The van der Waals surface area contributed by atoms with Gasteiger partial charge in [0.2, 0.25) is 0 Å². The molecule has 2 rings (SSSR count). The van der Waals surface area contributed by atoms with Crippen molar-refractivity contribution in [3.05, 3.63) is 47.4 Å². The standard InChI is InChI=1S/C13H15N3S/c1-9-7-16-11(10(2)13(9)14)8-17-12-5-3-4-6-15-12/h3-7H,8H2,1-2H3,(H2,14,16). The summed E-state index contributed by atoms with van der Waals surface area (Å²) in [6.45, 7) is 3.99. The summed E-state index contributed by atoms with van der Waals surface area (Å²) in [5.41, 5.74) is 9.98. The van der Waals surface area contributed by atoms with E-state index in [0.29, 0.717) is 0 Å². The van der Waals surface area contributed by atoms with Crippen molar-refractivity contribution in [1.29, 1.82) is 0 Å². The van der Waals surface area contributed by atoms with E-state index in [-0.39, 0.29) is 0 Å². The number of thioether (sulfide) groups is 1. The summed E-state index contributed by atoms with van der Waals surface area (Å²) >= 11 is 1.67. The lowest BCUT2D eigenvalue weighted by Crippen LogP contribution is -2.00. The second-order valence-corrected chi connectivity index (χ2v) is 4.88. The minimum atomic E-state index is 0.799. The molecule has 0 saturated carbocycles. The van der Waals surface area contributed by atoms with Gasteiger partial charge in [0.15, 0.2) is 0 Å². The van der Waals surface area contributed by atoms with Crippen LogP contribution in [0.4, 0.5) is 5.69 Å². The number of rotatable bonds is 3. The van der Waals surface area contributed by atoms with Gasteiger partial charge in [-0.1, -0.05) is 6.07 Å². The predicted octanol–water partition coefficient (Wildman–Crippen LogP) is 2.97. The molecule has 0 spiro atoms. The summed E-state index contributed by atoms with van der Waals surface area (Å²) in [6.07, 6.45) is 3.63. The molecule has 4 heteroatoms. The number of nitrogens with zero attached hydrogens (tertiary/aromatic N) is 2. The summed E-state index contributed by atoms with van der Waals surface area (Å²) in [7, 11) is 0. The van der Waals surface area contributed by atoms with Crippen molar-refractivity contribution in [3.8, 4) is 0 Å². The maximum absolute atomic E-state index is 5.99. The minimum absolute atomic E-state index is 0.799. The van der Waals surface area contributed by atoms with E-state index < -0.39 is 0 Å². The van der Waals surface area contributed by atoms with Gasteiger partial charge in [0.1, 0.15) is 0 Å². The highest BCUT2D eigenvalue weighted by atomic mass is 32.2. The molecule has 88 valence electrons. The molecule has 0 saturated heterocycles. The highest BCUT2D eigenvalue weighted by Crippen LogP contribution is 2.24. The van der Waals surface area contributed by atoms with Crippen LogP contribution in [0.2, 0.25) is 0 Å². The Bertz CT molecular complexity index is 512. The normalized spacial score (nSPS) is 10.5. The van der Waals surface area contributed by atoms with Crippen LogP contribution in [0.1, 0.15) is 16.8 Å². The average molecular weight is 245 g/mol. The van der Waals surface area contributed by atoms with E-state index in [4.69, 9.17) is 5.73 Å². The van der Waals surface area contributed by atoms with Crippen LogP contribution in [-0.2, 0) is 5.75 Å². The molecule has 2 aromatic rings. The second-order valence-electron chi connectivity index (χ2n) is 3.88. The maximum Gasteiger partial charge on any atom is 0.0963 e. The fraction of sp³-hybridized carbons (Fsp3) is 0.231. The number of aromatic nitrogens is 2. The molecule has 0 aliphatic rings. The molecule has 0 atom stereocenters. The molecule has 0 unspecified atom stereocenters. The van der Waals surface area contributed by atoms with Crippen molar-refractivity contribution in [1.82, 2.24) is 9.97 Å². The Morgan fingerprint density at radius 1 is 1.24 bits per heavy atom. The molecule has 2 aromatic heterocycles. The van der Waals surface area contributed by atoms with Crippen LogP contribution in [0.25, 0.3) is 0 Å². The number of anilines is 1. The Balaban J connectivity index is 2.13. The lowest BCUT2D eigenvalue weighted by atomic mass is 10.1. The van der Waals surface area contributed by atoms with Gasteiger partial charge < -0.3 is 5.73 Å². The lowest BCUT2D eigenvalue weighted by Gasteiger charge is -2.09. The van der Waals surface area contributed by atoms with Gasteiger partial charge in [-0.05, 0) is 37.1 Å². The van der Waals surface area contributed by atoms with Crippen molar-refractivity contribution in [2.24, 2.45) is 0 Å². The smallest absolute Gasteiger partial charge is 0.0963 e. The van der Waals surface area contributed by atoms with Crippen LogP contribution < -0.4 is 5.73 Å². The van der Waals surface area contributed by atoms with Crippen LogP contribution >= 0.6 is 11.8 Å². The van der Waals surface area contributed by atoms with E-state index in [9.17, 15) is 0 Å². The van der Waals surface area contributed by atoms with E-state index in [1.165, 1.54) is 0 Å². The molecule has 3 nitrogen and oxygen atoms in total. The number of aryl methyl sites for hydroxylation is 1. The van der Waals surface area contributed by atoms with Crippen molar-refractivity contribution in [2.45, 2.75) is 24.6 Å². The first kappa shape index (κ1) is 11.9. The van der Waals surface area contributed by atoms with Gasteiger partial charge in [-0.2, -0.15) is 0 Å². The van der Waals surface area contributed by atoms with Gasteiger partial charge in [0, 0.05) is 23.8 Å². The van der Waals surface area contributed by atoms with Crippen molar-refractivity contribution in [2.75, 3.05) is 5.73 Å². The Morgan fingerprint density at radius 2 is 2.06 bits per heavy atom. The summed E-state index contributed by atoms with van der Waals surface area (Å²) in [4.78, 5) is 8.69. The Kier molecular flexibility index (Phi) is 3.64. The lowest BCUT2D eigenvalue weighted by molar-refractivity contribution is 1.09. The molecule has 0 amide bonds. The number of hydrogen-bond donors (Lipinski definition) is 1. The molecular weight excluding hydrogens is 230 g/mol. The molecule has 17 heavy (non-hydrogen) atoms. The third-order valence-corrected chi connectivity index (χ3v) is 3.63. The van der Waals surface area contributed by atoms with Gasteiger partial charge in [-0.25, -0.2) is 4.98 Å². The monoisotopic (exact) mass is 245 g/mol. The predicted molar refractivity (Wildman–Crippen MR) is 71.9 cm³/mol. The fourth-order valence-corrected chi connectivity index (χ4v) is 2.40. The molecule has 0 bridgehead atoms. The van der Waals surface area contributed by atoms with Crippen LogP contribution in [0.15, 0.2) is 35.6 Å². The third-order valence-electron chi connectivity index (χ3n) is 2.67. The summed E-state index contributed by atoms with van der Waals surface area (Å²) < 4.78 is 0. The van der Waals surface area contributed by atoms with Gasteiger partial charge >= 0.3 is 0 Å². The number of hydrogen-bond acceptors (Lipinski definition) is 4. The van der Waals surface area contributed by atoms with Gasteiger partial charge in [-0.3, -0.25) is 4.98 Å². The van der Waals surface area contributed by atoms with Gasteiger partial charge in [-0.15, -0.1) is 11.8 Å². The van der Waals surface area contributed by atoms with E-state index in [2.05, 4.69) is 9.97 Å². The molecular formula is C13H15N3S. The molecule has 0 aliphatic carbocycles. The first-order valence-electron chi connectivity index (χ1n) is 5.43. The molecule has 2 N–H and O–H groups in total. The largest absolute Gasteiger partial charge is 0.398 e. The number of pyridine rings is 2. The second kappa shape index (κ2) is 5.19. The van der Waals surface area contributed by atoms with E-state index in [1.807, 2.05) is 38.2 Å². The van der Waals surface area contributed by atoms with Crippen LogP contribution in [0.3, 0.4) is 0 Å². The van der Waals surface area contributed by atoms with Gasteiger partial charge in [0.05, 0.1) is 10.7 Å². The summed E-state index contributed by atoms with van der Waals surface area (Å²) in [5, 5.41) is 1.01. The zero-order valence-electron chi connectivity index (χ0n) is 9.97. The quantitative estimate of drug-likeness (QED) is 0.845. The van der Waals surface area contributed by atoms with Crippen LogP contribution in [-0.4, -0.2) is 9.97 Å². The molecule has 0 aromatic carbocycles. The average Bonchev–Trinajstić information content (AvgIpc) is 2.36. The van der Waals surface area contributed by atoms with Crippen molar-refractivity contribution < 1.29 is 0 Å². The van der Waals surface area contributed by atoms with E-state index >= 15 is 0 Å². The molecule has 0 radical (unpaired) electrons. The van der Waals surface area contributed by atoms with Crippen molar-refractivity contribution >= 4 is 17.4 Å². The highest BCUT2D eigenvalue weighted by Gasteiger charge is 2.06. The SMILES string of the molecule is Cc1cnc(CSc2ccccn2)c(C)c1N. The zero-order chi connectivity index (χ0) is 12.3. The Labute approximate surface area is 105 Å². The molecule has 2 heterocycles. The fourth-order valence-electron chi connectivity index (χ4n) is 1.51. The molecule has 0 fully saturated rings. The van der Waals surface area contributed by atoms with Gasteiger partial charge in [0.25, 0.3) is 0 Å². The van der Waals surface area contributed by atoms with Crippen molar-refractivity contribution in [3.63, 3.8) is 0 Å². The Hall–Kier alpha value is -1.55. The molecule has 0 aliphatic heterocycles. The topological polar surface area (TPSA) is 51.8 Å². The first-order chi connectivity index (χ1) is 8.18. The maximum atomic E-state index is 5.99.